The lowest BCUT2D eigenvalue weighted by Crippen LogP contribution is -2.16. The number of thioether (sulfide) groups is 1. The summed E-state index contributed by atoms with van der Waals surface area (Å²) in [5, 5.41) is 3.49. The minimum atomic E-state index is 0.700. The Balaban J connectivity index is 2.20. The summed E-state index contributed by atoms with van der Waals surface area (Å²) in [6, 6.07) is 4.82. The summed E-state index contributed by atoms with van der Waals surface area (Å²) in [7, 11) is 3.42. The quantitative estimate of drug-likeness (QED) is 0.790. The Kier molecular flexibility index (Phi) is 4.18. The molecule has 0 spiro atoms. The Morgan fingerprint density at radius 2 is 1.94 bits per heavy atom. The van der Waals surface area contributed by atoms with Crippen LogP contribution in [0.2, 0.25) is 0 Å². The molecule has 0 saturated heterocycles. The van der Waals surface area contributed by atoms with Gasteiger partial charge in [-0.15, -0.1) is 11.8 Å². The van der Waals surface area contributed by atoms with Crippen LogP contribution >= 0.6 is 11.8 Å². The molecule has 1 aromatic carbocycles. The number of hydrogen-bond acceptors (Lipinski definition) is 4. The van der Waals surface area contributed by atoms with Gasteiger partial charge in [0, 0.05) is 18.2 Å². The molecule has 0 aliphatic heterocycles. The maximum atomic E-state index is 5.43. The Labute approximate surface area is 107 Å². The SMILES string of the molecule is COc1cc(SC)c(OC)cc1CNC1CC1. The van der Waals surface area contributed by atoms with Crippen molar-refractivity contribution >= 4 is 11.8 Å². The average molecular weight is 253 g/mol. The lowest BCUT2D eigenvalue weighted by molar-refractivity contribution is 0.389. The maximum absolute atomic E-state index is 5.43. The predicted molar refractivity (Wildman–Crippen MR) is 71.2 cm³/mol. The summed E-state index contributed by atoms with van der Waals surface area (Å²) in [5.41, 5.74) is 1.16. The van der Waals surface area contributed by atoms with Gasteiger partial charge >= 0.3 is 0 Å². The summed E-state index contributed by atoms with van der Waals surface area (Å²) in [5.74, 6) is 1.86. The van der Waals surface area contributed by atoms with Gasteiger partial charge in [0.1, 0.15) is 11.5 Å². The molecular formula is C13H19NO2S. The van der Waals surface area contributed by atoms with Crippen molar-refractivity contribution in [2.45, 2.75) is 30.3 Å². The van der Waals surface area contributed by atoms with E-state index in [1.807, 2.05) is 12.3 Å². The Bertz CT molecular complexity index is 391. The van der Waals surface area contributed by atoms with Gasteiger partial charge in [-0.1, -0.05) is 0 Å². The van der Waals surface area contributed by atoms with Crippen LogP contribution in [-0.2, 0) is 6.54 Å². The fourth-order valence-corrected chi connectivity index (χ4v) is 2.34. The molecule has 0 heterocycles. The number of ether oxygens (including phenoxy) is 2. The fraction of sp³-hybridized carbons (Fsp3) is 0.538. The molecule has 0 amide bonds. The standard InChI is InChI=1S/C13H19NO2S/c1-15-11-7-13(17-3)12(16-2)6-9(11)8-14-10-4-5-10/h6-7,10,14H,4-5,8H2,1-3H3. The molecule has 0 bridgehead atoms. The molecule has 94 valence electrons. The Morgan fingerprint density at radius 1 is 1.24 bits per heavy atom. The number of methoxy groups -OCH3 is 2. The van der Waals surface area contributed by atoms with E-state index in [-0.39, 0.29) is 0 Å². The molecule has 1 saturated carbocycles. The van der Waals surface area contributed by atoms with Gasteiger partial charge in [0.15, 0.2) is 0 Å². The Morgan fingerprint density at radius 3 is 2.47 bits per heavy atom. The first kappa shape index (κ1) is 12.6. The summed E-state index contributed by atoms with van der Waals surface area (Å²) < 4.78 is 10.8. The molecule has 1 N–H and O–H groups in total. The van der Waals surface area contributed by atoms with Crippen LogP contribution in [0.15, 0.2) is 17.0 Å². The van der Waals surface area contributed by atoms with Crippen molar-refractivity contribution in [1.29, 1.82) is 0 Å². The van der Waals surface area contributed by atoms with Crippen LogP contribution in [0.25, 0.3) is 0 Å². The summed E-state index contributed by atoms with van der Waals surface area (Å²) in [6.45, 7) is 0.846. The number of rotatable bonds is 6. The van der Waals surface area contributed by atoms with Gasteiger partial charge in [0.2, 0.25) is 0 Å². The molecule has 4 heteroatoms. The zero-order valence-electron chi connectivity index (χ0n) is 10.6. The van der Waals surface area contributed by atoms with E-state index in [1.165, 1.54) is 12.8 Å². The van der Waals surface area contributed by atoms with Gasteiger partial charge < -0.3 is 14.8 Å². The van der Waals surface area contributed by atoms with E-state index >= 15 is 0 Å². The molecule has 3 nitrogen and oxygen atoms in total. The van der Waals surface area contributed by atoms with Crippen LogP contribution in [0.5, 0.6) is 11.5 Å². The third kappa shape index (κ3) is 3.07. The Hall–Kier alpha value is -0.870. The molecule has 1 aromatic rings. The molecule has 0 aromatic heterocycles. The van der Waals surface area contributed by atoms with Crippen LogP contribution in [-0.4, -0.2) is 26.5 Å². The van der Waals surface area contributed by atoms with Crippen molar-refractivity contribution in [3.05, 3.63) is 17.7 Å². The second-order valence-corrected chi connectivity index (χ2v) is 5.02. The first-order valence-corrected chi connectivity index (χ1v) is 7.03. The van der Waals surface area contributed by atoms with Crippen LogP contribution in [0.1, 0.15) is 18.4 Å². The van der Waals surface area contributed by atoms with E-state index in [0.29, 0.717) is 6.04 Å². The molecule has 2 rings (SSSR count). The number of benzene rings is 1. The van der Waals surface area contributed by atoms with Crippen LogP contribution < -0.4 is 14.8 Å². The maximum Gasteiger partial charge on any atom is 0.132 e. The highest BCUT2D eigenvalue weighted by molar-refractivity contribution is 7.98. The number of hydrogen-bond donors (Lipinski definition) is 1. The van der Waals surface area contributed by atoms with Crippen molar-refractivity contribution in [3.63, 3.8) is 0 Å². The normalized spacial score (nSPS) is 14.8. The van der Waals surface area contributed by atoms with Crippen molar-refractivity contribution in [2.75, 3.05) is 20.5 Å². The second kappa shape index (κ2) is 5.65. The lowest BCUT2D eigenvalue weighted by Gasteiger charge is -2.14. The highest BCUT2D eigenvalue weighted by atomic mass is 32.2. The van der Waals surface area contributed by atoms with Gasteiger partial charge in [-0.3, -0.25) is 0 Å². The van der Waals surface area contributed by atoms with Crippen molar-refractivity contribution in [3.8, 4) is 11.5 Å². The predicted octanol–water partition coefficient (Wildman–Crippen LogP) is 2.68. The van der Waals surface area contributed by atoms with Crippen molar-refractivity contribution in [2.24, 2.45) is 0 Å². The monoisotopic (exact) mass is 253 g/mol. The van der Waals surface area contributed by atoms with Crippen LogP contribution in [0.3, 0.4) is 0 Å². The second-order valence-electron chi connectivity index (χ2n) is 4.17. The first-order valence-electron chi connectivity index (χ1n) is 5.80. The molecule has 0 unspecified atom stereocenters. The van der Waals surface area contributed by atoms with E-state index in [0.717, 1.165) is 28.5 Å². The molecule has 1 fully saturated rings. The first-order chi connectivity index (χ1) is 8.28. The molecule has 0 atom stereocenters. The minimum absolute atomic E-state index is 0.700. The molecule has 17 heavy (non-hydrogen) atoms. The molecule has 1 aliphatic carbocycles. The van der Waals surface area contributed by atoms with E-state index in [4.69, 9.17) is 9.47 Å². The zero-order chi connectivity index (χ0) is 12.3. The van der Waals surface area contributed by atoms with Gasteiger partial charge in [-0.05, 0) is 31.2 Å². The largest absolute Gasteiger partial charge is 0.496 e. The van der Waals surface area contributed by atoms with Crippen LogP contribution in [0.4, 0.5) is 0 Å². The highest BCUT2D eigenvalue weighted by Gasteiger charge is 2.21. The van der Waals surface area contributed by atoms with E-state index in [1.54, 1.807) is 26.0 Å². The lowest BCUT2D eigenvalue weighted by atomic mass is 10.2. The average Bonchev–Trinajstić information content (AvgIpc) is 3.19. The minimum Gasteiger partial charge on any atom is -0.496 e. The molecule has 1 aliphatic rings. The molecule has 0 radical (unpaired) electrons. The fourth-order valence-electron chi connectivity index (χ4n) is 1.77. The third-order valence-electron chi connectivity index (χ3n) is 2.95. The zero-order valence-corrected chi connectivity index (χ0v) is 11.4. The van der Waals surface area contributed by atoms with Crippen molar-refractivity contribution in [1.82, 2.24) is 5.32 Å². The summed E-state index contributed by atoms with van der Waals surface area (Å²) in [6.07, 6.45) is 4.63. The summed E-state index contributed by atoms with van der Waals surface area (Å²) >= 11 is 1.67. The smallest absolute Gasteiger partial charge is 0.132 e. The van der Waals surface area contributed by atoms with Crippen molar-refractivity contribution < 1.29 is 9.47 Å². The summed E-state index contributed by atoms with van der Waals surface area (Å²) in [4.78, 5) is 1.11. The van der Waals surface area contributed by atoms with E-state index < -0.39 is 0 Å². The van der Waals surface area contributed by atoms with Gasteiger partial charge in [0.25, 0.3) is 0 Å². The highest BCUT2D eigenvalue weighted by Crippen LogP contribution is 2.34. The van der Waals surface area contributed by atoms with E-state index in [2.05, 4.69) is 11.4 Å². The topological polar surface area (TPSA) is 30.5 Å². The van der Waals surface area contributed by atoms with Crippen LogP contribution in [0, 0.1) is 0 Å². The van der Waals surface area contributed by atoms with E-state index in [9.17, 15) is 0 Å². The third-order valence-corrected chi connectivity index (χ3v) is 3.70. The van der Waals surface area contributed by atoms with Gasteiger partial charge in [-0.25, -0.2) is 0 Å². The number of nitrogens with one attached hydrogen (secondary N) is 1. The van der Waals surface area contributed by atoms with Gasteiger partial charge in [-0.2, -0.15) is 0 Å². The van der Waals surface area contributed by atoms with Gasteiger partial charge in [0.05, 0.1) is 19.1 Å². The molecular weight excluding hydrogens is 234 g/mol.